The third-order valence-corrected chi connectivity index (χ3v) is 4.08. The molecule has 3 aromatic rings. The van der Waals surface area contributed by atoms with Crippen LogP contribution in [0, 0.1) is 5.82 Å². The molecular formula is C15H7Cl2F4N. The van der Waals surface area contributed by atoms with E-state index in [4.69, 9.17) is 23.2 Å². The van der Waals surface area contributed by atoms with Crippen LogP contribution in [0.3, 0.4) is 0 Å². The van der Waals surface area contributed by atoms with Crippen molar-refractivity contribution in [3.05, 3.63) is 58.0 Å². The number of nitrogens with one attached hydrogen (secondary N) is 1. The topological polar surface area (TPSA) is 15.8 Å². The lowest BCUT2D eigenvalue weighted by Crippen LogP contribution is -2.07. The fraction of sp³-hybridized carbons (Fsp3) is 0.0667. The molecule has 2 aromatic carbocycles. The van der Waals surface area contributed by atoms with Gasteiger partial charge < -0.3 is 4.98 Å². The van der Waals surface area contributed by atoms with Crippen molar-refractivity contribution >= 4 is 34.1 Å². The zero-order chi connectivity index (χ0) is 16.1. The Morgan fingerprint density at radius 2 is 1.73 bits per heavy atom. The molecular weight excluding hydrogens is 341 g/mol. The summed E-state index contributed by atoms with van der Waals surface area (Å²) >= 11 is 11.9. The number of hydrogen-bond acceptors (Lipinski definition) is 0. The molecule has 0 aliphatic rings. The third kappa shape index (κ3) is 2.44. The first-order valence-electron chi connectivity index (χ1n) is 6.12. The van der Waals surface area contributed by atoms with Crippen LogP contribution >= 0.6 is 23.2 Å². The monoisotopic (exact) mass is 347 g/mol. The maximum absolute atomic E-state index is 13.5. The Balaban J connectivity index is 2.44. The first kappa shape index (κ1) is 15.2. The summed E-state index contributed by atoms with van der Waals surface area (Å²) in [5.74, 6) is -0.639. The van der Waals surface area contributed by atoms with E-state index in [-0.39, 0.29) is 32.1 Å². The summed E-state index contributed by atoms with van der Waals surface area (Å²) in [6.45, 7) is 0. The van der Waals surface area contributed by atoms with E-state index in [1.807, 2.05) is 0 Å². The number of hydrogen-bond donors (Lipinski definition) is 1. The Morgan fingerprint density at radius 3 is 2.41 bits per heavy atom. The minimum absolute atomic E-state index is 0.0140. The largest absolute Gasteiger partial charge is 0.431 e. The zero-order valence-corrected chi connectivity index (χ0v) is 12.2. The number of aromatic nitrogens is 1. The smallest absolute Gasteiger partial charge is 0.350 e. The van der Waals surface area contributed by atoms with Crippen LogP contribution in [0.5, 0.6) is 0 Å². The van der Waals surface area contributed by atoms with Gasteiger partial charge in [-0.3, -0.25) is 0 Å². The Kier molecular flexibility index (Phi) is 3.57. The highest BCUT2D eigenvalue weighted by Crippen LogP contribution is 2.44. The maximum atomic E-state index is 13.5. The second-order valence-electron chi connectivity index (χ2n) is 4.66. The lowest BCUT2D eigenvalue weighted by Gasteiger charge is -2.10. The molecule has 1 N–H and O–H groups in total. The molecule has 0 saturated carbocycles. The van der Waals surface area contributed by atoms with E-state index in [0.717, 1.165) is 12.1 Å². The molecule has 1 aromatic heterocycles. The molecule has 0 spiro atoms. The second-order valence-corrected chi connectivity index (χ2v) is 5.45. The highest BCUT2D eigenvalue weighted by atomic mass is 35.5. The molecule has 0 amide bonds. The number of benzene rings is 2. The van der Waals surface area contributed by atoms with Crippen LogP contribution in [-0.2, 0) is 6.18 Å². The van der Waals surface area contributed by atoms with Crippen LogP contribution in [0.1, 0.15) is 5.69 Å². The molecule has 0 aliphatic heterocycles. The SMILES string of the molecule is Fc1ccc2[nH]c(C(F)(F)F)c(-c3cccc(Cl)c3Cl)c2c1. The fourth-order valence-electron chi connectivity index (χ4n) is 2.35. The minimum atomic E-state index is -4.64. The van der Waals surface area contributed by atoms with Gasteiger partial charge in [-0.15, -0.1) is 0 Å². The summed E-state index contributed by atoms with van der Waals surface area (Å²) < 4.78 is 53.4. The average molecular weight is 348 g/mol. The molecule has 22 heavy (non-hydrogen) atoms. The van der Waals surface area contributed by atoms with E-state index < -0.39 is 17.7 Å². The first-order chi connectivity index (χ1) is 10.3. The molecule has 0 aliphatic carbocycles. The molecule has 0 fully saturated rings. The highest BCUT2D eigenvalue weighted by Gasteiger charge is 2.37. The molecule has 0 unspecified atom stereocenters. The summed E-state index contributed by atoms with van der Waals surface area (Å²) in [5.41, 5.74) is -0.940. The molecule has 3 rings (SSSR count). The molecule has 0 bridgehead atoms. The van der Waals surface area contributed by atoms with Gasteiger partial charge >= 0.3 is 6.18 Å². The molecule has 0 radical (unpaired) electrons. The van der Waals surface area contributed by atoms with E-state index in [1.54, 1.807) is 0 Å². The molecule has 0 saturated heterocycles. The van der Waals surface area contributed by atoms with E-state index in [2.05, 4.69) is 4.98 Å². The van der Waals surface area contributed by atoms with Crippen molar-refractivity contribution in [2.24, 2.45) is 0 Å². The van der Waals surface area contributed by atoms with E-state index in [0.29, 0.717) is 0 Å². The number of rotatable bonds is 1. The summed E-state index contributed by atoms with van der Waals surface area (Å²) in [4.78, 5) is 2.28. The van der Waals surface area contributed by atoms with Crippen LogP contribution in [0.15, 0.2) is 36.4 Å². The Labute approximate surface area is 132 Å². The molecule has 0 atom stereocenters. The lowest BCUT2D eigenvalue weighted by atomic mass is 10.0. The van der Waals surface area contributed by atoms with Gasteiger partial charge in [0.2, 0.25) is 0 Å². The van der Waals surface area contributed by atoms with Gasteiger partial charge in [0, 0.05) is 22.0 Å². The molecule has 7 heteroatoms. The minimum Gasteiger partial charge on any atom is -0.350 e. The molecule has 1 nitrogen and oxygen atoms in total. The van der Waals surface area contributed by atoms with Gasteiger partial charge in [0.15, 0.2) is 0 Å². The van der Waals surface area contributed by atoms with Gasteiger partial charge in [-0.05, 0) is 24.3 Å². The van der Waals surface area contributed by atoms with Gasteiger partial charge in [-0.1, -0.05) is 35.3 Å². The Morgan fingerprint density at radius 1 is 1.00 bits per heavy atom. The summed E-state index contributed by atoms with van der Waals surface area (Å²) in [5, 5.41) is 0.203. The highest BCUT2D eigenvalue weighted by molar-refractivity contribution is 6.44. The van der Waals surface area contributed by atoms with Crippen molar-refractivity contribution in [3.8, 4) is 11.1 Å². The van der Waals surface area contributed by atoms with Crippen LogP contribution in [-0.4, -0.2) is 4.98 Å². The standard InChI is InChI=1S/C15H7Cl2F4N/c16-10-3-1-2-8(13(10)17)12-9-6-7(18)4-5-11(9)22-14(12)15(19,20)21/h1-6,22H. The van der Waals surface area contributed by atoms with Crippen molar-refractivity contribution in [2.45, 2.75) is 6.18 Å². The number of alkyl halides is 3. The van der Waals surface area contributed by atoms with Gasteiger partial charge in [-0.25, -0.2) is 4.39 Å². The Hall–Kier alpha value is -1.72. The third-order valence-electron chi connectivity index (χ3n) is 3.27. The molecule has 114 valence electrons. The lowest BCUT2D eigenvalue weighted by molar-refractivity contribution is -0.140. The van der Waals surface area contributed by atoms with Crippen molar-refractivity contribution in [1.82, 2.24) is 4.98 Å². The van der Waals surface area contributed by atoms with Gasteiger partial charge in [0.1, 0.15) is 11.5 Å². The predicted molar refractivity (Wildman–Crippen MR) is 78.7 cm³/mol. The number of H-pyrrole nitrogens is 1. The summed E-state index contributed by atoms with van der Waals surface area (Å²) in [7, 11) is 0. The van der Waals surface area contributed by atoms with E-state index in [9.17, 15) is 17.6 Å². The second kappa shape index (κ2) is 5.18. The molecule has 1 heterocycles. The van der Waals surface area contributed by atoms with Crippen LogP contribution in [0.4, 0.5) is 17.6 Å². The predicted octanol–water partition coefficient (Wildman–Crippen LogP) is 6.30. The van der Waals surface area contributed by atoms with Crippen molar-refractivity contribution < 1.29 is 17.6 Å². The van der Waals surface area contributed by atoms with Crippen molar-refractivity contribution in [3.63, 3.8) is 0 Å². The maximum Gasteiger partial charge on any atom is 0.431 e. The summed E-state index contributed by atoms with van der Waals surface area (Å²) in [6.07, 6.45) is -4.64. The normalized spacial score (nSPS) is 12.1. The average Bonchev–Trinajstić information content (AvgIpc) is 2.80. The zero-order valence-electron chi connectivity index (χ0n) is 10.7. The Bertz CT molecular complexity index is 868. The number of fused-ring (bicyclic) bond motifs is 1. The quantitative estimate of drug-likeness (QED) is 0.497. The number of aromatic amines is 1. The van der Waals surface area contributed by atoms with Crippen LogP contribution in [0.25, 0.3) is 22.0 Å². The van der Waals surface area contributed by atoms with E-state index >= 15 is 0 Å². The number of halogens is 6. The van der Waals surface area contributed by atoms with E-state index in [1.165, 1.54) is 24.3 Å². The van der Waals surface area contributed by atoms with Gasteiger partial charge in [0.25, 0.3) is 0 Å². The first-order valence-corrected chi connectivity index (χ1v) is 6.87. The van der Waals surface area contributed by atoms with Crippen LogP contribution in [0.2, 0.25) is 10.0 Å². The van der Waals surface area contributed by atoms with Gasteiger partial charge in [-0.2, -0.15) is 13.2 Å². The van der Waals surface area contributed by atoms with Crippen LogP contribution < -0.4 is 0 Å². The van der Waals surface area contributed by atoms with Crippen molar-refractivity contribution in [2.75, 3.05) is 0 Å². The fourth-order valence-corrected chi connectivity index (χ4v) is 2.75. The van der Waals surface area contributed by atoms with Crippen molar-refractivity contribution in [1.29, 1.82) is 0 Å². The summed E-state index contributed by atoms with van der Waals surface area (Å²) in [6, 6.07) is 7.74. The van der Waals surface area contributed by atoms with Gasteiger partial charge in [0.05, 0.1) is 10.0 Å².